The zero-order valence-electron chi connectivity index (χ0n) is 12.3. The second-order valence-electron chi connectivity index (χ2n) is 5.05. The van der Waals surface area contributed by atoms with E-state index in [9.17, 15) is 9.90 Å². The van der Waals surface area contributed by atoms with Crippen molar-refractivity contribution in [1.29, 1.82) is 0 Å². The fourth-order valence-corrected chi connectivity index (χ4v) is 2.61. The number of ether oxygens (including phenoxy) is 3. The predicted octanol–water partition coefficient (Wildman–Crippen LogP) is 2.86. The first kappa shape index (κ1) is 14.3. The normalized spacial score (nSPS) is 16.6. The fourth-order valence-electron chi connectivity index (χ4n) is 2.61. The van der Waals surface area contributed by atoms with Gasteiger partial charge in [0.25, 0.3) is 0 Å². The van der Waals surface area contributed by atoms with Gasteiger partial charge in [-0.2, -0.15) is 0 Å². The Bertz CT molecular complexity index is 706. The molecular weight excluding hydrogens is 284 g/mol. The van der Waals surface area contributed by atoms with Crippen LogP contribution in [0.5, 0.6) is 17.2 Å². The lowest BCUT2D eigenvalue weighted by molar-refractivity contribution is 0.0248. The molecule has 0 saturated carbocycles. The van der Waals surface area contributed by atoms with Crippen LogP contribution in [0.1, 0.15) is 27.6 Å². The predicted molar refractivity (Wildman–Crippen MR) is 79.5 cm³/mol. The zero-order valence-corrected chi connectivity index (χ0v) is 12.3. The molecule has 0 fully saturated rings. The summed E-state index contributed by atoms with van der Waals surface area (Å²) in [6.45, 7) is 0. The van der Waals surface area contributed by atoms with Gasteiger partial charge in [-0.25, -0.2) is 4.79 Å². The Morgan fingerprint density at radius 3 is 2.41 bits per heavy atom. The summed E-state index contributed by atoms with van der Waals surface area (Å²) in [5, 5.41) is 9.97. The van der Waals surface area contributed by atoms with Crippen LogP contribution in [0.3, 0.4) is 0 Å². The molecule has 0 amide bonds. The van der Waals surface area contributed by atoms with Crippen molar-refractivity contribution in [2.45, 2.75) is 12.5 Å². The number of phenols is 1. The summed E-state index contributed by atoms with van der Waals surface area (Å²) in [6.07, 6.45) is 0.0930. The molecule has 1 heterocycles. The Labute approximate surface area is 128 Å². The van der Waals surface area contributed by atoms with Crippen molar-refractivity contribution < 1.29 is 24.1 Å². The van der Waals surface area contributed by atoms with Crippen molar-refractivity contribution in [3.05, 3.63) is 53.1 Å². The van der Waals surface area contributed by atoms with Crippen LogP contribution in [-0.2, 0) is 11.2 Å². The van der Waals surface area contributed by atoms with E-state index in [0.717, 1.165) is 11.3 Å². The van der Waals surface area contributed by atoms with E-state index in [2.05, 4.69) is 0 Å². The van der Waals surface area contributed by atoms with Gasteiger partial charge < -0.3 is 19.3 Å². The molecule has 0 aromatic heterocycles. The first-order valence-corrected chi connectivity index (χ1v) is 6.87. The van der Waals surface area contributed by atoms with Gasteiger partial charge in [-0.05, 0) is 29.3 Å². The average molecular weight is 300 g/mol. The van der Waals surface area contributed by atoms with Gasteiger partial charge in [-0.3, -0.25) is 0 Å². The van der Waals surface area contributed by atoms with Crippen LogP contribution in [0.15, 0.2) is 36.4 Å². The Morgan fingerprint density at radius 2 is 1.77 bits per heavy atom. The van der Waals surface area contributed by atoms with Crippen LogP contribution in [0.25, 0.3) is 0 Å². The summed E-state index contributed by atoms with van der Waals surface area (Å²) in [7, 11) is 3.12. The number of fused-ring (bicyclic) bond motifs is 1. The third-order valence-corrected chi connectivity index (χ3v) is 3.75. The number of esters is 1. The number of carbonyl (C=O) groups excluding carboxylic acids is 1. The highest BCUT2D eigenvalue weighted by Crippen LogP contribution is 2.37. The minimum atomic E-state index is -0.526. The fraction of sp³-hybridized carbons (Fsp3) is 0.235. The molecule has 0 radical (unpaired) electrons. The maximum absolute atomic E-state index is 12.2. The number of hydrogen-bond donors (Lipinski definition) is 1. The van der Waals surface area contributed by atoms with Crippen molar-refractivity contribution >= 4 is 5.97 Å². The number of cyclic esters (lactones) is 1. The number of hydrogen-bond acceptors (Lipinski definition) is 5. The molecule has 1 aliphatic rings. The second kappa shape index (κ2) is 5.60. The zero-order chi connectivity index (χ0) is 15.7. The molecule has 3 rings (SSSR count). The van der Waals surface area contributed by atoms with Gasteiger partial charge in [0, 0.05) is 12.5 Å². The number of aromatic hydroxyl groups is 1. The molecule has 0 spiro atoms. The Balaban J connectivity index is 1.95. The van der Waals surface area contributed by atoms with Crippen molar-refractivity contribution in [1.82, 2.24) is 0 Å². The molecule has 1 N–H and O–H groups in total. The third-order valence-electron chi connectivity index (χ3n) is 3.75. The van der Waals surface area contributed by atoms with Gasteiger partial charge in [-0.15, -0.1) is 0 Å². The van der Waals surface area contributed by atoms with Crippen LogP contribution in [-0.4, -0.2) is 25.3 Å². The monoisotopic (exact) mass is 300 g/mol. The van der Waals surface area contributed by atoms with Gasteiger partial charge in [0.05, 0.1) is 14.2 Å². The van der Waals surface area contributed by atoms with Crippen LogP contribution in [0.2, 0.25) is 0 Å². The number of rotatable bonds is 3. The van der Waals surface area contributed by atoms with E-state index in [1.54, 1.807) is 13.2 Å². The molecule has 2 aromatic carbocycles. The standard InChI is InChI=1S/C17H16O5/c1-20-12-5-3-10(4-6-12)15-8-11-7-13(21-2)9-14(18)16(11)17(19)22-15/h3-7,9,15,18H,8H2,1-2H3. The lowest BCUT2D eigenvalue weighted by Crippen LogP contribution is -2.22. The molecule has 2 aromatic rings. The molecule has 114 valence electrons. The topological polar surface area (TPSA) is 65.0 Å². The molecule has 0 bridgehead atoms. The third kappa shape index (κ3) is 2.45. The molecule has 5 heteroatoms. The van der Waals surface area contributed by atoms with Crippen LogP contribution < -0.4 is 9.47 Å². The molecule has 0 aliphatic carbocycles. The highest BCUT2D eigenvalue weighted by Gasteiger charge is 2.30. The first-order valence-electron chi connectivity index (χ1n) is 6.87. The second-order valence-corrected chi connectivity index (χ2v) is 5.05. The minimum absolute atomic E-state index is 0.118. The number of phenolic OH excluding ortho intramolecular Hbond substituents is 1. The summed E-state index contributed by atoms with van der Waals surface area (Å²) in [6, 6.07) is 10.5. The average Bonchev–Trinajstić information content (AvgIpc) is 2.54. The van der Waals surface area contributed by atoms with Crippen molar-refractivity contribution in [3.8, 4) is 17.2 Å². The van der Waals surface area contributed by atoms with E-state index in [-0.39, 0.29) is 11.3 Å². The van der Waals surface area contributed by atoms with Gasteiger partial charge in [0.1, 0.15) is 28.9 Å². The highest BCUT2D eigenvalue weighted by molar-refractivity contribution is 5.95. The van der Waals surface area contributed by atoms with E-state index in [1.807, 2.05) is 24.3 Å². The van der Waals surface area contributed by atoms with E-state index in [1.165, 1.54) is 13.2 Å². The molecule has 22 heavy (non-hydrogen) atoms. The van der Waals surface area contributed by atoms with Gasteiger partial charge in [0.2, 0.25) is 0 Å². The number of benzene rings is 2. The molecule has 0 saturated heterocycles. The van der Waals surface area contributed by atoms with Crippen LogP contribution in [0, 0.1) is 0 Å². The maximum Gasteiger partial charge on any atom is 0.342 e. The van der Waals surface area contributed by atoms with Gasteiger partial charge in [-0.1, -0.05) is 12.1 Å². The minimum Gasteiger partial charge on any atom is -0.507 e. The molecule has 5 nitrogen and oxygen atoms in total. The Hall–Kier alpha value is -2.69. The summed E-state index contributed by atoms with van der Waals surface area (Å²) < 4.78 is 15.7. The Kier molecular flexibility index (Phi) is 3.63. The van der Waals surface area contributed by atoms with E-state index in [0.29, 0.717) is 17.7 Å². The lowest BCUT2D eigenvalue weighted by atomic mass is 9.94. The summed E-state index contributed by atoms with van der Waals surface area (Å²) in [4.78, 5) is 12.2. The molecular formula is C17H16O5. The van der Waals surface area contributed by atoms with Gasteiger partial charge in [0.15, 0.2) is 0 Å². The van der Waals surface area contributed by atoms with Crippen molar-refractivity contribution in [2.75, 3.05) is 14.2 Å². The maximum atomic E-state index is 12.2. The lowest BCUT2D eigenvalue weighted by Gasteiger charge is -2.26. The SMILES string of the molecule is COc1ccc(C2Cc3cc(OC)cc(O)c3C(=O)O2)cc1. The van der Waals surface area contributed by atoms with E-state index >= 15 is 0 Å². The van der Waals surface area contributed by atoms with Crippen molar-refractivity contribution in [2.24, 2.45) is 0 Å². The molecule has 1 aliphatic heterocycles. The van der Waals surface area contributed by atoms with Crippen molar-refractivity contribution in [3.63, 3.8) is 0 Å². The molecule has 1 atom stereocenters. The largest absolute Gasteiger partial charge is 0.507 e. The summed E-state index contributed by atoms with van der Waals surface area (Å²) >= 11 is 0. The Morgan fingerprint density at radius 1 is 1.09 bits per heavy atom. The van der Waals surface area contributed by atoms with E-state index in [4.69, 9.17) is 14.2 Å². The highest BCUT2D eigenvalue weighted by atomic mass is 16.5. The first-order chi connectivity index (χ1) is 10.6. The van der Waals surface area contributed by atoms with E-state index < -0.39 is 12.1 Å². The van der Waals surface area contributed by atoms with Gasteiger partial charge >= 0.3 is 5.97 Å². The smallest absolute Gasteiger partial charge is 0.342 e. The number of carbonyl (C=O) groups is 1. The summed E-state index contributed by atoms with van der Waals surface area (Å²) in [5.74, 6) is 0.611. The molecule has 1 unspecified atom stereocenters. The van der Waals surface area contributed by atoms with Crippen LogP contribution >= 0.6 is 0 Å². The quantitative estimate of drug-likeness (QED) is 0.883. The summed E-state index contributed by atoms with van der Waals surface area (Å²) in [5.41, 5.74) is 1.81. The number of methoxy groups -OCH3 is 2. The van der Waals surface area contributed by atoms with Crippen LogP contribution in [0.4, 0.5) is 0 Å².